The molecular formula is C10H8N4O3. The number of H-pyrrole nitrogens is 1. The first-order chi connectivity index (χ1) is 8.16. The summed E-state index contributed by atoms with van der Waals surface area (Å²) in [5, 5.41) is 17.3. The van der Waals surface area contributed by atoms with Gasteiger partial charge in [-0.05, 0) is 18.2 Å². The lowest BCUT2D eigenvalue weighted by Gasteiger charge is -2.02. The molecule has 0 unspecified atom stereocenters. The Morgan fingerprint density at radius 2 is 2.12 bits per heavy atom. The molecule has 2 heterocycles. The Hall–Kier alpha value is -2.70. The van der Waals surface area contributed by atoms with Crippen molar-refractivity contribution in [2.24, 2.45) is 0 Å². The number of amides is 1. The van der Waals surface area contributed by atoms with Crippen LogP contribution in [-0.2, 0) is 0 Å². The van der Waals surface area contributed by atoms with Gasteiger partial charge in [-0.1, -0.05) is 0 Å². The van der Waals surface area contributed by atoms with Crippen LogP contribution in [-0.4, -0.2) is 32.2 Å². The number of aromatic carboxylic acids is 1. The Bertz CT molecular complexity index is 550. The van der Waals surface area contributed by atoms with E-state index in [9.17, 15) is 9.59 Å². The smallest absolute Gasteiger partial charge is 0.335 e. The molecule has 2 aromatic heterocycles. The third-order valence-corrected chi connectivity index (χ3v) is 1.99. The van der Waals surface area contributed by atoms with E-state index in [0.29, 0.717) is 0 Å². The molecule has 7 nitrogen and oxygen atoms in total. The fourth-order valence-electron chi connectivity index (χ4n) is 1.20. The molecule has 0 bridgehead atoms. The highest BCUT2D eigenvalue weighted by Gasteiger charge is 2.09. The van der Waals surface area contributed by atoms with E-state index in [-0.39, 0.29) is 17.1 Å². The molecule has 0 radical (unpaired) electrons. The van der Waals surface area contributed by atoms with Crippen molar-refractivity contribution in [2.45, 2.75) is 0 Å². The zero-order valence-electron chi connectivity index (χ0n) is 8.54. The second-order valence-corrected chi connectivity index (χ2v) is 3.16. The lowest BCUT2D eigenvalue weighted by atomic mass is 10.2. The van der Waals surface area contributed by atoms with Crippen LogP contribution in [0.15, 0.2) is 30.6 Å². The normalized spacial score (nSPS) is 9.88. The van der Waals surface area contributed by atoms with E-state index in [4.69, 9.17) is 5.11 Å². The van der Waals surface area contributed by atoms with Gasteiger partial charge >= 0.3 is 5.97 Å². The number of hydrogen-bond donors (Lipinski definition) is 3. The first-order valence-corrected chi connectivity index (χ1v) is 4.67. The van der Waals surface area contributed by atoms with Gasteiger partial charge in [0.15, 0.2) is 0 Å². The maximum absolute atomic E-state index is 11.6. The molecule has 17 heavy (non-hydrogen) atoms. The molecule has 86 valence electrons. The van der Waals surface area contributed by atoms with E-state index in [1.165, 1.54) is 30.6 Å². The lowest BCUT2D eigenvalue weighted by Crippen LogP contribution is -2.14. The van der Waals surface area contributed by atoms with Gasteiger partial charge in [-0.15, -0.1) is 0 Å². The molecular weight excluding hydrogens is 224 g/mol. The Morgan fingerprint density at radius 3 is 2.76 bits per heavy atom. The van der Waals surface area contributed by atoms with E-state index in [0.717, 1.165) is 0 Å². The van der Waals surface area contributed by atoms with Crippen molar-refractivity contribution >= 4 is 17.7 Å². The zero-order valence-corrected chi connectivity index (χ0v) is 8.54. The minimum Gasteiger partial charge on any atom is -0.478 e. The summed E-state index contributed by atoms with van der Waals surface area (Å²) in [6.07, 6.45) is 2.75. The maximum Gasteiger partial charge on any atom is 0.335 e. The highest BCUT2D eigenvalue weighted by Crippen LogP contribution is 2.08. The van der Waals surface area contributed by atoms with E-state index >= 15 is 0 Å². The number of carboxylic acids is 1. The third kappa shape index (κ3) is 2.46. The minimum atomic E-state index is -1.08. The largest absolute Gasteiger partial charge is 0.478 e. The fraction of sp³-hybridized carbons (Fsp3) is 0. The van der Waals surface area contributed by atoms with Crippen molar-refractivity contribution < 1.29 is 14.7 Å². The van der Waals surface area contributed by atoms with Gasteiger partial charge < -0.3 is 10.4 Å². The van der Waals surface area contributed by atoms with Gasteiger partial charge in [0.2, 0.25) is 0 Å². The van der Waals surface area contributed by atoms with Crippen LogP contribution >= 0.6 is 0 Å². The quantitative estimate of drug-likeness (QED) is 0.723. The number of carbonyl (C=O) groups excluding carboxylic acids is 1. The molecule has 0 atom stereocenters. The molecule has 0 fully saturated rings. The summed E-state index contributed by atoms with van der Waals surface area (Å²) in [6, 6.07) is 4.11. The second-order valence-electron chi connectivity index (χ2n) is 3.16. The number of carbonyl (C=O) groups is 2. The van der Waals surface area contributed by atoms with Gasteiger partial charge in [0, 0.05) is 12.4 Å². The molecule has 7 heteroatoms. The Kier molecular flexibility index (Phi) is 2.82. The number of nitrogens with zero attached hydrogens (tertiary/aromatic N) is 2. The van der Waals surface area contributed by atoms with Gasteiger partial charge in [0.1, 0.15) is 11.5 Å². The van der Waals surface area contributed by atoms with Crippen LogP contribution in [0.3, 0.4) is 0 Å². The van der Waals surface area contributed by atoms with Crippen molar-refractivity contribution in [3.63, 3.8) is 0 Å². The second kappa shape index (κ2) is 4.44. The minimum absolute atomic E-state index is 0.0555. The Labute approximate surface area is 95.5 Å². The predicted octanol–water partition coefficient (Wildman–Crippen LogP) is 0.755. The molecule has 1 amide bonds. The molecule has 0 saturated heterocycles. The summed E-state index contributed by atoms with van der Waals surface area (Å²) in [4.78, 5) is 26.1. The number of rotatable bonds is 3. The summed E-state index contributed by atoms with van der Waals surface area (Å²) in [6.45, 7) is 0. The molecule has 3 N–H and O–H groups in total. The molecule has 2 aromatic rings. The van der Waals surface area contributed by atoms with E-state index < -0.39 is 11.9 Å². The molecule has 0 aromatic carbocycles. The van der Waals surface area contributed by atoms with Crippen LogP contribution in [0.25, 0.3) is 0 Å². The van der Waals surface area contributed by atoms with Gasteiger partial charge in [0.05, 0.1) is 5.56 Å². The van der Waals surface area contributed by atoms with Crippen LogP contribution in [0.4, 0.5) is 5.82 Å². The van der Waals surface area contributed by atoms with Crippen molar-refractivity contribution in [1.29, 1.82) is 0 Å². The van der Waals surface area contributed by atoms with Gasteiger partial charge in [-0.2, -0.15) is 5.10 Å². The zero-order chi connectivity index (χ0) is 12.3. The number of carboxylic acid groups (broad SMARTS) is 1. The summed E-state index contributed by atoms with van der Waals surface area (Å²) in [5.41, 5.74) is 0.326. The molecule has 0 spiro atoms. The highest BCUT2D eigenvalue weighted by atomic mass is 16.4. The average Bonchev–Trinajstić information content (AvgIpc) is 2.82. The molecule has 0 aliphatic rings. The average molecular weight is 232 g/mol. The summed E-state index contributed by atoms with van der Waals surface area (Å²) in [5.74, 6) is -1.34. The number of nitrogens with one attached hydrogen (secondary N) is 2. The van der Waals surface area contributed by atoms with Crippen molar-refractivity contribution in [3.05, 3.63) is 41.9 Å². The summed E-state index contributed by atoms with van der Waals surface area (Å²) < 4.78 is 0. The first-order valence-electron chi connectivity index (χ1n) is 4.67. The summed E-state index contributed by atoms with van der Waals surface area (Å²) >= 11 is 0. The first kappa shape index (κ1) is 10.8. The molecule has 0 saturated carbocycles. The van der Waals surface area contributed by atoms with Gasteiger partial charge in [-0.3, -0.25) is 9.89 Å². The standard InChI is InChI=1S/C10H8N4O3/c15-9(7-2-4-12-14-7)13-8-5-6(10(16)17)1-3-11-8/h1-5H,(H,12,14)(H,16,17)(H,11,13,15). The van der Waals surface area contributed by atoms with Crippen LogP contribution < -0.4 is 5.32 Å². The van der Waals surface area contributed by atoms with Crippen molar-refractivity contribution in [3.8, 4) is 0 Å². The van der Waals surface area contributed by atoms with Crippen LogP contribution in [0.1, 0.15) is 20.8 Å². The fourth-order valence-corrected chi connectivity index (χ4v) is 1.20. The van der Waals surface area contributed by atoms with Crippen molar-refractivity contribution in [2.75, 3.05) is 5.32 Å². The van der Waals surface area contributed by atoms with E-state index in [1.807, 2.05) is 0 Å². The van der Waals surface area contributed by atoms with Gasteiger partial charge in [0.25, 0.3) is 5.91 Å². The molecule has 0 aliphatic carbocycles. The van der Waals surface area contributed by atoms with Crippen LogP contribution in [0.5, 0.6) is 0 Å². The lowest BCUT2D eigenvalue weighted by molar-refractivity contribution is 0.0696. The number of pyridine rings is 1. The maximum atomic E-state index is 11.6. The Morgan fingerprint density at radius 1 is 1.29 bits per heavy atom. The monoisotopic (exact) mass is 232 g/mol. The topological polar surface area (TPSA) is 108 Å². The van der Waals surface area contributed by atoms with Crippen molar-refractivity contribution in [1.82, 2.24) is 15.2 Å². The SMILES string of the molecule is O=C(O)c1ccnc(NC(=O)c2ccn[nH]2)c1. The van der Waals surface area contributed by atoms with Crippen LogP contribution in [0.2, 0.25) is 0 Å². The number of aromatic nitrogens is 3. The number of anilines is 1. The van der Waals surface area contributed by atoms with E-state index in [1.54, 1.807) is 0 Å². The van der Waals surface area contributed by atoms with Gasteiger partial charge in [-0.25, -0.2) is 9.78 Å². The molecule has 0 aliphatic heterocycles. The predicted molar refractivity (Wildman–Crippen MR) is 57.7 cm³/mol. The Balaban J connectivity index is 2.16. The van der Waals surface area contributed by atoms with E-state index in [2.05, 4.69) is 20.5 Å². The highest BCUT2D eigenvalue weighted by molar-refractivity contribution is 6.02. The van der Waals surface area contributed by atoms with Crippen LogP contribution in [0, 0.1) is 0 Å². The third-order valence-electron chi connectivity index (χ3n) is 1.99. The molecule has 2 rings (SSSR count). The number of aromatic amines is 1. The summed E-state index contributed by atoms with van der Waals surface area (Å²) in [7, 11) is 0. The number of hydrogen-bond acceptors (Lipinski definition) is 4.